The first-order chi connectivity index (χ1) is 15.6. The van der Waals surface area contributed by atoms with Crippen LogP contribution in [0.2, 0.25) is 0 Å². The Labute approximate surface area is 189 Å². The first kappa shape index (κ1) is 20.1. The number of carbonyl (C=O) groups is 1. The molecule has 3 aromatic carbocycles. The van der Waals surface area contributed by atoms with Crippen LogP contribution in [0.1, 0.15) is 39.6 Å². The minimum atomic E-state index is -0.184. The summed E-state index contributed by atoms with van der Waals surface area (Å²) in [6, 6.07) is 29.0. The highest BCUT2D eigenvalue weighted by molar-refractivity contribution is 5.76. The van der Waals surface area contributed by atoms with E-state index in [-0.39, 0.29) is 12.1 Å². The summed E-state index contributed by atoms with van der Waals surface area (Å²) in [4.78, 5) is 15.5. The van der Waals surface area contributed by atoms with Crippen LogP contribution < -0.4 is 5.32 Å². The van der Waals surface area contributed by atoms with Gasteiger partial charge < -0.3 is 14.8 Å². The average Bonchev–Trinajstić information content (AvgIpc) is 3.24. The van der Waals surface area contributed by atoms with Crippen LogP contribution in [-0.2, 0) is 13.1 Å². The molecular formula is C28H27N3O. The third-order valence-corrected chi connectivity index (χ3v) is 6.18. The Morgan fingerprint density at radius 2 is 1.56 bits per heavy atom. The molecule has 1 atom stereocenters. The van der Waals surface area contributed by atoms with Crippen molar-refractivity contribution in [1.29, 1.82) is 0 Å². The fraction of sp³-hybridized carbons (Fsp3) is 0.179. The second-order valence-electron chi connectivity index (χ2n) is 8.52. The summed E-state index contributed by atoms with van der Waals surface area (Å²) in [5, 5.41) is 3.16. The number of fused-ring (bicyclic) bond motifs is 3. The molecule has 1 N–H and O–H groups in total. The predicted octanol–water partition coefficient (Wildman–Crippen LogP) is 5.91. The molecule has 5 rings (SSSR count). The molecule has 0 radical (unpaired) electrons. The van der Waals surface area contributed by atoms with Gasteiger partial charge in [-0.15, -0.1) is 0 Å². The van der Waals surface area contributed by atoms with Crippen molar-refractivity contribution >= 4 is 6.03 Å². The molecule has 2 heterocycles. The molecule has 2 amide bonds. The molecule has 0 aliphatic carbocycles. The van der Waals surface area contributed by atoms with Gasteiger partial charge >= 0.3 is 6.03 Å². The number of hydrogen-bond donors (Lipinski definition) is 1. The van der Waals surface area contributed by atoms with Crippen LogP contribution in [0.4, 0.5) is 4.79 Å². The molecule has 1 aliphatic heterocycles. The Kier molecular flexibility index (Phi) is 5.28. The Hall–Kier alpha value is -3.79. The number of carbonyl (C=O) groups excluding carboxylic acids is 1. The predicted molar refractivity (Wildman–Crippen MR) is 128 cm³/mol. The van der Waals surface area contributed by atoms with Gasteiger partial charge in [0.15, 0.2) is 0 Å². The number of benzene rings is 3. The van der Waals surface area contributed by atoms with Gasteiger partial charge in [-0.2, -0.15) is 0 Å². The van der Waals surface area contributed by atoms with Gasteiger partial charge in [0.1, 0.15) is 0 Å². The number of aromatic nitrogens is 1. The Morgan fingerprint density at radius 1 is 0.875 bits per heavy atom. The van der Waals surface area contributed by atoms with Crippen molar-refractivity contribution in [3.63, 3.8) is 0 Å². The zero-order chi connectivity index (χ0) is 22.1. The van der Waals surface area contributed by atoms with Crippen LogP contribution in [-0.4, -0.2) is 15.5 Å². The van der Waals surface area contributed by atoms with Gasteiger partial charge in [0.25, 0.3) is 0 Å². The third kappa shape index (κ3) is 3.80. The zero-order valence-electron chi connectivity index (χ0n) is 18.5. The lowest BCUT2D eigenvalue weighted by Gasteiger charge is -2.31. The molecular weight excluding hydrogens is 394 g/mol. The Morgan fingerprint density at radius 3 is 2.31 bits per heavy atom. The monoisotopic (exact) mass is 421 g/mol. The van der Waals surface area contributed by atoms with Crippen LogP contribution in [0, 0.1) is 13.8 Å². The molecule has 1 aromatic heterocycles. The van der Waals surface area contributed by atoms with Crippen molar-refractivity contribution in [2.75, 3.05) is 0 Å². The largest absolute Gasteiger partial charge is 0.334 e. The van der Waals surface area contributed by atoms with Crippen molar-refractivity contribution in [1.82, 2.24) is 14.8 Å². The van der Waals surface area contributed by atoms with Crippen LogP contribution >= 0.6 is 0 Å². The molecule has 4 nitrogen and oxygen atoms in total. The highest BCUT2D eigenvalue weighted by Gasteiger charge is 2.32. The number of rotatable bonds is 3. The lowest BCUT2D eigenvalue weighted by Crippen LogP contribution is -2.41. The van der Waals surface area contributed by atoms with Gasteiger partial charge in [-0.05, 0) is 48.7 Å². The molecule has 4 heteroatoms. The van der Waals surface area contributed by atoms with Crippen LogP contribution in [0.5, 0.6) is 0 Å². The van der Waals surface area contributed by atoms with Gasteiger partial charge in [-0.1, -0.05) is 77.9 Å². The number of nitrogens with one attached hydrogen (secondary N) is 1. The van der Waals surface area contributed by atoms with Crippen molar-refractivity contribution in [2.24, 2.45) is 0 Å². The van der Waals surface area contributed by atoms with Crippen molar-refractivity contribution < 1.29 is 4.79 Å². The molecule has 0 saturated heterocycles. The number of amides is 2. The summed E-state index contributed by atoms with van der Waals surface area (Å²) in [5.41, 5.74) is 7.96. The maximum absolute atomic E-state index is 13.6. The molecule has 0 spiro atoms. The van der Waals surface area contributed by atoms with Gasteiger partial charge in [-0.3, -0.25) is 0 Å². The van der Waals surface area contributed by atoms with Gasteiger partial charge in [0, 0.05) is 18.4 Å². The van der Waals surface area contributed by atoms with E-state index in [1.807, 2.05) is 11.0 Å². The molecule has 4 aromatic rings. The summed E-state index contributed by atoms with van der Waals surface area (Å²) in [7, 11) is 0. The fourth-order valence-corrected chi connectivity index (χ4v) is 4.42. The highest BCUT2D eigenvalue weighted by atomic mass is 16.2. The maximum atomic E-state index is 13.6. The quantitative estimate of drug-likeness (QED) is 0.439. The van der Waals surface area contributed by atoms with E-state index in [4.69, 9.17) is 0 Å². The Bertz CT molecular complexity index is 1240. The Balaban J connectivity index is 1.54. The van der Waals surface area contributed by atoms with E-state index in [1.54, 1.807) is 0 Å². The molecule has 0 bridgehead atoms. The topological polar surface area (TPSA) is 37.3 Å². The number of para-hydroxylation sites is 1. The first-order valence-corrected chi connectivity index (χ1v) is 11.0. The molecule has 1 aliphatic rings. The molecule has 0 unspecified atom stereocenters. The maximum Gasteiger partial charge on any atom is 0.318 e. The number of hydrogen-bond acceptors (Lipinski definition) is 1. The lowest BCUT2D eigenvalue weighted by molar-refractivity contribution is 0.180. The summed E-state index contributed by atoms with van der Waals surface area (Å²) in [6.07, 6.45) is 2.09. The van der Waals surface area contributed by atoms with E-state index >= 15 is 0 Å². The normalized spacial score (nSPS) is 14.9. The average molecular weight is 422 g/mol. The zero-order valence-corrected chi connectivity index (χ0v) is 18.5. The van der Waals surface area contributed by atoms with E-state index in [2.05, 4.69) is 109 Å². The van der Waals surface area contributed by atoms with E-state index in [0.717, 1.165) is 28.1 Å². The SMILES string of the molecule is Cc1ccc(CNC(=O)N2Cc3ccccc3-n3cccc3[C@H]2c2ccc(C)cc2)cc1. The first-order valence-electron chi connectivity index (χ1n) is 11.0. The lowest BCUT2D eigenvalue weighted by atomic mass is 10.0. The second-order valence-corrected chi connectivity index (χ2v) is 8.52. The number of aryl methyl sites for hydroxylation is 2. The van der Waals surface area contributed by atoms with Crippen molar-refractivity contribution in [2.45, 2.75) is 33.0 Å². The molecule has 0 saturated carbocycles. The number of nitrogens with zero attached hydrogens (tertiary/aromatic N) is 2. The van der Waals surface area contributed by atoms with E-state index < -0.39 is 0 Å². The highest BCUT2D eigenvalue weighted by Crippen LogP contribution is 2.36. The van der Waals surface area contributed by atoms with Crippen LogP contribution in [0.25, 0.3) is 5.69 Å². The van der Waals surface area contributed by atoms with Crippen LogP contribution in [0.15, 0.2) is 91.1 Å². The van der Waals surface area contributed by atoms with Crippen molar-refractivity contribution in [3.05, 3.63) is 125 Å². The van der Waals surface area contributed by atoms with E-state index in [9.17, 15) is 4.79 Å². The third-order valence-electron chi connectivity index (χ3n) is 6.18. The van der Waals surface area contributed by atoms with E-state index in [0.29, 0.717) is 13.1 Å². The fourth-order valence-electron chi connectivity index (χ4n) is 4.42. The minimum absolute atomic E-state index is 0.0689. The molecule has 0 fully saturated rings. The summed E-state index contributed by atoms with van der Waals surface area (Å²) in [6.45, 7) is 5.19. The second kappa shape index (κ2) is 8.39. The smallest absolute Gasteiger partial charge is 0.318 e. The van der Waals surface area contributed by atoms with E-state index in [1.165, 1.54) is 11.1 Å². The summed E-state index contributed by atoms with van der Waals surface area (Å²) < 4.78 is 2.22. The standard InChI is InChI=1S/C28H27N3O/c1-20-9-13-22(14-10-20)18-29-28(32)31-19-24-6-3-4-7-25(24)30-17-5-8-26(30)27(31)23-15-11-21(2)12-16-23/h3-17,27H,18-19H2,1-2H3,(H,29,32)/t27-/m1/s1. The summed E-state index contributed by atoms with van der Waals surface area (Å²) in [5.74, 6) is 0. The summed E-state index contributed by atoms with van der Waals surface area (Å²) >= 11 is 0. The molecule has 160 valence electrons. The van der Waals surface area contributed by atoms with Crippen molar-refractivity contribution in [3.8, 4) is 5.69 Å². The minimum Gasteiger partial charge on any atom is -0.334 e. The molecule has 32 heavy (non-hydrogen) atoms. The van der Waals surface area contributed by atoms with Gasteiger partial charge in [0.05, 0.1) is 18.3 Å². The van der Waals surface area contributed by atoms with Crippen LogP contribution in [0.3, 0.4) is 0 Å². The van der Waals surface area contributed by atoms with Gasteiger partial charge in [-0.25, -0.2) is 4.79 Å². The number of urea groups is 1. The van der Waals surface area contributed by atoms with Gasteiger partial charge in [0.2, 0.25) is 0 Å².